The molecule has 0 radical (unpaired) electrons. The summed E-state index contributed by atoms with van der Waals surface area (Å²) >= 11 is 12.5. The third kappa shape index (κ3) is 6.00. The number of hydrogen-bond acceptors (Lipinski definition) is 4. The van der Waals surface area contributed by atoms with Crippen LogP contribution >= 0.6 is 23.2 Å². The first kappa shape index (κ1) is 21.8. The largest absolute Gasteiger partial charge is 0.478 e. The molecule has 1 aromatic carbocycles. The van der Waals surface area contributed by atoms with Crippen molar-refractivity contribution < 1.29 is 19.4 Å². The number of carbonyl (C=O) groups excluding carboxylic acids is 1. The molecule has 0 bridgehead atoms. The average molecular weight is 426 g/mol. The van der Waals surface area contributed by atoms with Crippen LogP contribution in [0.1, 0.15) is 37.9 Å². The molecule has 0 saturated carbocycles. The van der Waals surface area contributed by atoms with E-state index in [0.29, 0.717) is 28.8 Å². The molecule has 9 heteroatoms. The number of aliphatic carboxylic acids is 1. The number of aromatic nitrogens is 2. The number of aryl methyl sites for hydroxylation is 1. The van der Waals surface area contributed by atoms with Crippen LogP contribution in [0.5, 0.6) is 0 Å². The van der Waals surface area contributed by atoms with Crippen LogP contribution in [0.25, 0.3) is 6.08 Å². The Bertz CT molecular complexity index is 930. The molecule has 0 aliphatic heterocycles. The van der Waals surface area contributed by atoms with Gasteiger partial charge in [0.05, 0.1) is 12.2 Å². The van der Waals surface area contributed by atoms with E-state index in [1.54, 1.807) is 50.5 Å². The molecule has 2 rings (SSSR count). The number of imidazole rings is 1. The number of carboxylic acids is 1. The van der Waals surface area contributed by atoms with Gasteiger partial charge in [-0.3, -0.25) is 5.32 Å². The minimum absolute atomic E-state index is 0.203. The van der Waals surface area contributed by atoms with Gasteiger partial charge in [-0.05, 0) is 51.5 Å². The lowest BCUT2D eigenvalue weighted by molar-refractivity contribution is -0.131. The lowest BCUT2D eigenvalue weighted by atomic mass is 10.2. The molecule has 0 atom stereocenters. The molecule has 7 nitrogen and oxygen atoms in total. The molecule has 0 spiro atoms. The van der Waals surface area contributed by atoms with Crippen LogP contribution in [-0.4, -0.2) is 32.3 Å². The highest BCUT2D eigenvalue weighted by atomic mass is 35.5. The van der Waals surface area contributed by atoms with Crippen LogP contribution in [-0.2, 0) is 16.1 Å². The number of nitrogens with one attached hydrogen (secondary N) is 1. The van der Waals surface area contributed by atoms with Gasteiger partial charge in [-0.2, -0.15) is 0 Å². The number of rotatable bonds is 5. The summed E-state index contributed by atoms with van der Waals surface area (Å²) in [6, 6.07) is 5.07. The Labute approximate surface area is 172 Å². The second kappa shape index (κ2) is 8.67. The number of hydrogen-bond donors (Lipinski definition) is 2. The van der Waals surface area contributed by atoms with Crippen molar-refractivity contribution in [3.05, 3.63) is 51.5 Å². The number of carboxylic acid groups (broad SMARTS) is 1. The highest BCUT2D eigenvalue weighted by molar-refractivity contribution is 6.32. The van der Waals surface area contributed by atoms with Gasteiger partial charge in [-0.15, -0.1) is 0 Å². The van der Waals surface area contributed by atoms with E-state index in [9.17, 15) is 9.59 Å². The summed E-state index contributed by atoms with van der Waals surface area (Å²) in [5, 5.41) is 12.1. The van der Waals surface area contributed by atoms with Crippen LogP contribution < -0.4 is 5.32 Å². The van der Waals surface area contributed by atoms with Crippen molar-refractivity contribution in [2.24, 2.45) is 0 Å². The molecule has 2 aromatic rings. The van der Waals surface area contributed by atoms with Crippen molar-refractivity contribution >= 4 is 47.0 Å². The van der Waals surface area contributed by atoms with Crippen LogP contribution in [0.2, 0.25) is 10.2 Å². The summed E-state index contributed by atoms with van der Waals surface area (Å²) in [7, 11) is 0. The van der Waals surface area contributed by atoms with Crippen LogP contribution in [0, 0.1) is 6.92 Å². The Kier molecular flexibility index (Phi) is 6.74. The van der Waals surface area contributed by atoms with E-state index in [-0.39, 0.29) is 5.15 Å². The molecule has 1 amide bonds. The molecule has 150 valence electrons. The number of amides is 1. The highest BCUT2D eigenvalue weighted by Crippen LogP contribution is 2.26. The molecule has 0 unspecified atom stereocenters. The minimum atomic E-state index is -1.09. The second-order valence-electron chi connectivity index (χ2n) is 7.03. The number of anilines is 1. The summed E-state index contributed by atoms with van der Waals surface area (Å²) < 4.78 is 6.97. The highest BCUT2D eigenvalue weighted by Gasteiger charge is 2.17. The standard InChI is InChI=1S/C19H21Cl2N3O4/c1-11-22-17(21)15(7-8-16(25)26)24(11)10-12-5-6-13(9-14(12)20)23-18(27)28-19(2,3)4/h5-9H,10H2,1-4H3,(H,23,27)(H,25,26)/b8-7+. The molecule has 0 aliphatic rings. The summed E-state index contributed by atoms with van der Waals surface area (Å²) in [6.07, 6.45) is 1.81. The molecular weight excluding hydrogens is 405 g/mol. The van der Waals surface area contributed by atoms with Gasteiger partial charge in [0.1, 0.15) is 11.4 Å². The van der Waals surface area contributed by atoms with Gasteiger partial charge in [0.2, 0.25) is 0 Å². The number of ether oxygens (including phenoxy) is 1. The molecule has 2 N–H and O–H groups in total. The van der Waals surface area contributed by atoms with Crippen molar-refractivity contribution in [1.82, 2.24) is 9.55 Å². The molecule has 0 fully saturated rings. The Morgan fingerprint density at radius 2 is 2.00 bits per heavy atom. The lowest BCUT2D eigenvalue weighted by Gasteiger charge is -2.20. The van der Waals surface area contributed by atoms with Crippen molar-refractivity contribution in [2.45, 2.75) is 39.8 Å². The molecule has 0 aliphatic carbocycles. The van der Waals surface area contributed by atoms with Gasteiger partial charge >= 0.3 is 12.1 Å². The van der Waals surface area contributed by atoms with E-state index in [2.05, 4.69) is 10.3 Å². The quantitative estimate of drug-likeness (QED) is 0.657. The molecule has 1 aromatic heterocycles. The van der Waals surface area contributed by atoms with Gasteiger partial charge in [0, 0.05) is 16.8 Å². The number of nitrogens with zero attached hydrogens (tertiary/aromatic N) is 2. The summed E-state index contributed by atoms with van der Waals surface area (Å²) in [5.41, 5.74) is 1.10. The maximum atomic E-state index is 11.9. The first-order valence-electron chi connectivity index (χ1n) is 8.38. The maximum Gasteiger partial charge on any atom is 0.412 e. The van der Waals surface area contributed by atoms with E-state index in [1.807, 2.05) is 0 Å². The van der Waals surface area contributed by atoms with Gasteiger partial charge in [0.15, 0.2) is 5.15 Å². The van der Waals surface area contributed by atoms with E-state index in [4.69, 9.17) is 33.0 Å². The first-order valence-corrected chi connectivity index (χ1v) is 9.14. The van der Waals surface area contributed by atoms with Gasteiger partial charge in [-0.1, -0.05) is 29.3 Å². The predicted molar refractivity (Wildman–Crippen MR) is 109 cm³/mol. The lowest BCUT2D eigenvalue weighted by Crippen LogP contribution is -2.27. The topological polar surface area (TPSA) is 93.5 Å². The molecule has 1 heterocycles. The fourth-order valence-corrected chi connectivity index (χ4v) is 2.93. The van der Waals surface area contributed by atoms with Gasteiger partial charge in [0.25, 0.3) is 0 Å². The zero-order valence-corrected chi connectivity index (χ0v) is 17.4. The normalized spacial score (nSPS) is 11.6. The summed E-state index contributed by atoms with van der Waals surface area (Å²) in [6.45, 7) is 7.42. The van der Waals surface area contributed by atoms with E-state index in [1.165, 1.54) is 6.08 Å². The SMILES string of the molecule is Cc1nc(Cl)c(/C=C/C(=O)O)n1Cc1ccc(NC(=O)OC(C)(C)C)cc1Cl. The molecule has 0 saturated heterocycles. The maximum absolute atomic E-state index is 11.9. The number of carbonyl (C=O) groups is 2. The minimum Gasteiger partial charge on any atom is -0.478 e. The average Bonchev–Trinajstić information content (AvgIpc) is 2.79. The monoisotopic (exact) mass is 425 g/mol. The number of benzene rings is 1. The summed E-state index contributed by atoms with van der Waals surface area (Å²) in [5.74, 6) is -0.473. The fraction of sp³-hybridized carbons (Fsp3) is 0.316. The van der Waals surface area contributed by atoms with Crippen LogP contribution in [0.3, 0.4) is 0 Å². The number of halogens is 2. The Hall–Kier alpha value is -2.51. The Morgan fingerprint density at radius 1 is 1.32 bits per heavy atom. The van der Waals surface area contributed by atoms with Crippen molar-refractivity contribution in [1.29, 1.82) is 0 Å². The van der Waals surface area contributed by atoms with Crippen molar-refractivity contribution in [2.75, 3.05) is 5.32 Å². The van der Waals surface area contributed by atoms with Crippen molar-refractivity contribution in [3.8, 4) is 0 Å². The summed E-state index contributed by atoms with van der Waals surface area (Å²) in [4.78, 5) is 26.9. The first-order chi connectivity index (χ1) is 13.0. The predicted octanol–water partition coefficient (Wildman–Crippen LogP) is 4.99. The third-order valence-electron chi connectivity index (χ3n) is 3.56. The van der Waals surface area contributed by atoms with Crippen LogP contribution in [0.4, 0.5) is 10.5 Å². The Morgan fingerprint density at radius 3 is 2.57 bits per heavy atom. The zero-order chi connectivity index (χ0) is 21.1. The fourth-order valence-electron chi connectivity index (χ4n) is 2.40. The zero-order valence-electron chi connectivity index (χ0n) is 15.9. The smallest absolute Gasteiger partial charge is 0.412 e. The Balaban J connectivity index is 2.22. The molecular formula is C19H21Cl2N3O4. The van der Waals surface area contributed by atoms with E-state index >= 15 is 0 Å². The van der Waals surface area contributed by atoms with Crippen LogP contribution in [0.15, 0.2) is 24.3 Å². The molecule has 28 heavy (non-hydrogen) atoms. The van der Waals surface area contributed by atoms with E-state index < -0.39 is 17.7 Å². The van der Waals surface area contributed by atoms with E-state index in [0.717, 1.165) is 11.6 Å². The van der Waals surface area contributed by atoms with Crippen molar-refractivity contribution in [3.63, 3.8) is 0 Å². The third-order valence-corrected chi connectivity index (χ3v) is 4.19. The van der Waals surface area contributed by atoms with Gasteiger partial charge in [-0.25, -0.2) is 14.6 Å². The second-order valence-corrected chi connectivity index (χ2v) is 7.79. The van der Waals surface area contributed by atoms with Gasteiger partial charge < -0.3 is 14.4 Å².